The maximum atomic E-state index is 11.3. The number of aliphatic carboxylic acids is 8. The fraction of sp³-hybridized carbons (Fsp3) is 0.660. The Morgan fingerprint density at radius 1 is 0.347 bits per heavy atom. The minimum Gasteiger partial charge on any atom is -0.545 e. The molecule has 4 aliphatic carbocycles. The van der Waals surface area contributed by atoms with Crippen molar-refractivity contribution >= 4 is 47.8 Å². The number of aliphatic hydroxyl groups excluding tert-OH is 1. The van der Waals surface area contributed by atoms with Crippen LogP contribution in [0.3, 0.4) is 0 Å². The Labute approximate surface area is 602 Å². The van der Waals surface area contributed by atoms with Crippen LogP contribution in [0, 0.1) is 35.5 Å². The van der Waals surface area contributed by atoms with Crippen molar-refractivity contribution < 1.29 is 321 Å². The van der Waals surface area contributed by atoms with Crippen molar-refractivity contribution in [2.24, 2.45) is 35.5 Å². The summed E-state index contributed by atoms with van der Waals surface area (Å²) < 4.78 is 0. The van der Waals surface area contributed by atoms with E-state index >= 15 is 0 Å². The number of rotatable bonds is 16. The largest absolute Gasteiger partial charge is 1.00 e. The van der Waals surface area contributed by atoms with E-state index in [-0.39, 0.29) is 323 Å². The molecule has 4 saturated carbocycles. The molecule has 17 nitrogen and oxygen atoms in total. The van der Waals surface area contributed by atoms with Gasteiger partial charge in [-0.15, -0.1) is 0 Å². The molecule has 0 aromatic heterocycles. The summed E-state index contributed by atoms with van der Waals surface area (Å²) in [6.45, 7) is 9.62. The van der Waals surface area contributed by atoms with Gasteiger partial charge in [-0.2, -0.15) is 0 Å². The predicted octanol–water partition coefficient (Wildman–Crippen LogP) is -26.6. The first-order chi connectivity index (χ1) is 29.9. The Bertz CT molecular complexity index is 1800. The molecule has 0 atom stereocenters. The molecule has 1 N–H and O–H groups in total. The standard InChI is InChI=1S/C14H20O4.C13H20O5.C11H16O4.C9H14O4.8Na/c15-13(16)11(9-5-1-2-6-9)12(14(17)18)10-7-3-4-8-10;1-7(2)10(12(15)16)11(13(17)18)8-3-5-9(14)6-4-8;1-2-8(10(12)13)9(11(14)15)7-5-3-4-6-7;1-4-6(8(10)11)7(5(2)3)9(12)13;;;;;;;;/h9-10H,1-8H2,(H,15,16)(H,17,18);7-9,14H,3-6H2,1-2H3,(H,15,16)(H,17,18);7H,2-6H2,1H3,(H,12,13)(H,14,15);5H,4H2,1-3H3,(H,10,11)(H,12,13);;;;;;;;/q;;;;8*+1/p-8/b12-11-;11-10-;9-8-;7-6-;;;;;;;;. The van der Waals surface area contributed by atoms with E-state index in [9.17, 15) is 84.3 Å². The average Bonchev–Trinajstić information content (AvgIpc) is 4.02. The first-order valence-electron chi connectivity index (χ1n) is 22.3. The van der Waals surface area contributed by atoms with Crippen LogP contribution in [-0.2, 0) is 38.4 Å². The summed E-state index contributed by atoms with van der Waals surface area (Å²) in [6.07, 6.45) is 12.0. The summed E-state index contributed by atoms with van der Waals surface area (Å²) >= 11 is 0. The second-order valence-electron chi connectivity index (χ2n) is 17.2. The third kappa shape index (κ3) is 31.0. The molecule has 0 heterocycles. The zero-order valence-corrected chi connectivity index (χ0v) is 61.7. The number of carbonyl (C=O) groups excluding carboxylic acids is 8. The molecule has 0 unspecified atom stereocenters. The summed E-state index contributed by atoms with van der Waals surface area (Å²) in [5.41, 5.74) is -0.804. The molecule has 0 spiro atoms. The molecule has 0 aromatic carbocycles. The molecule has 4 aliphatic rings. The Kier molecular flexibility index (Phi) is 61.3. The predicted molar refractivity (Wildman–Crippen MR) is 212 cm³/mol. The van der Waals surface area contributed by atoms with Crippen LogP contribution in [0.2, 0.25) is 0 Å². The van der Waals surface area contributed by atoms with Gasteiger partial charge in [-0.05, 0) is 157 Å². The second kappa shape index (κ2) is 48.4. The van der Waals surface area contributed by atoms with Gasteiger partial charge in [0.2, 0.25) is 0 Å². The monoisotopic (exact) mass is 1080 g/mol. The average molecular weight is 1080 g/mol. The van der Waals surface area contributed by atoms with Gasteiger partial charge in [-0.1, -0.05) is 80.1 Å². The maximum Gasteiger partial charge on any atom is 1.00 e. The molecule has 0 aromatic rings. The third-order valence-electron chi connectivity index (χ3n) is 12.3. The van der Waals surface area contributed by atoms with Crippen LogP contribution < -0.4 is 277 Å². The first-order valence-corrected chi connectivity index (χ1v) is 22.3. The first kappa shape index (κ1) is 91.2. The number of hydrogen-bond acceptors (Lipinski definition) is 17. The quantitative estimate of drug-likeness (QED) is 0.111. The van der Waals surface area contributed by atoms with Gasteiger partial charge in [-0.25, -0.2) is 0 Å². The molecule has 0 bridgehead atoms. The van der Waals surface area contributed by atoms with Gasteiger partial charge in [0.15, 0.2) is 0 Å². The third-order valence-corrected chi connectivity index (χ3v) is 12.3. The molecule has 72 heavy (non-hydrogen) atoms. The van der Waals surface area contributed by atoms with Gasteiger partial charge in [0.25, 0.3) is 0 Å². The number of carbonyl (C=O) groups is 8. The van der Waals surface area contributed by atoms with Crippen LogP contribution in [0.4, 0.5) is 0 Å². The maximum absolute atomic E-state index is 11.3. The molecular formula is C47H62Na8O17. The van der Waals surface area contributed by atoms with Crippen molar-refractivity contribution in [3.63, 3.8) is 0 Å². The summed E-state index contributed by atoms with van der Waals surface area (Å²) in [5, 5.41) is 97.2. The van der Waals surface area contributed by atoms with Crippen molar-refractivity contribution in [2.75, 3.05) is 0 Å². The zero-order chi connectivity index (χ0) is 49.0. The topological polar surface area (TPSA) is 341 Å². The van der Waals surface area contributed by atoms with Crippen LogP contribution in [0.1, 0.15) is 157 Å². The van der Waals surface area contributed by atoms with Gasteiger partial charge >= 0.3 is 236 Å². The molecule has 360 valence electrons. The van der Waals surface area contributed by atoms with Crippen LogP contribution in [0.15, 0.2) is 44.6 Å². The molecule has 0 saturated heterocycles. The van der Waals surface area contributed by atoms with E-state index in [1.54, 1.807) is 41.5 Å². The van der Waals surface area contributed by atoms with Crippen molar-refractivity contribution in [3.8, 4) is 0 Å². The Hall–Kier alpha value is 2.68. The van der Waals surface area contributed by atoms with E-state index in [0.717, 1.165) is 77.0 Å². The number of aliphatic hydroxyl groups is 1. The Morgan fingerprint density at radius 2 is 0.597 bits per heavy atom. The van der Waals surface area contributed by atoms with E-state index < -0.39 is 59.8 Å². The SMILES string of the molecule is CC(C)/C(C(=O)[O-])=C(/C(=O)[O-])C1CCC(O)CC1.CC/C(C(=O)[O-])=C(/C(=O)[O-])C(C)C.CC/C(C(=O)[O-])=C(/C(=O)[O-])C1CCCC1.O=C([O-])/C(=C(\C(=O)[O-])C1CCCC1)C1CCCC1.[Na+].[Na+].[Na+].[Na+].[Na+].[Na+].[Na+].[Na+]. The number of hydrogen-bond donors (Lipinski definition) is 1. The van der Waals surface area contributed by atoms with Gasteiger partial charge in [0.05, 0.1) is 53.9 Å². The summed E-state index contributed by atoms with van der Waals surface area (Å²) in [6, 6.07) is 0. The fourth-order valence-electron chi connectivity index (χ4n) is 9.29. The van der Waals surface area contributed by atoms with Crippen molar-refractivity contribution in [3.05, 3.63) is 44.6 Å². The minimum atomic E-state index is -1.45. The number of carboxylic acid groups (broad SMARTS) is 8. The van der Waals surface area contributed by atoms with Crippen molar-refractivity contribution in [2.45, 2.75) is 163 Å². The van der Waals surface area contributed by atoms with E-state index in [1.165, 1.54) is 0 Å². The zero-order valence-electron chi connectivity index (χ0n) is 45.7. The van der Waals surface area contributed by atoms with Gasteiger partial charge < -0.3 is 84.3 Å². The Balaban J connectivity index is -0.000000123. The molecular weight excluding hydrogens is 1020 g/mol. The summed E-state index contributed by atoms with van der Waals surface area (Å²) in [4.78, 5) is 87.8. The van der Waals surface area contributed by atoms with Crippen LogP contribution in [0.25, 0.3) is 0 Å². The van der Waals surface area contributed by atoms with E-state index in [1.807, 2.05) is 0 Å². The fourth-order valence-corrected chi connectivity index (χ4v) is 9.29. The van der Waals surface area contributed by atoms with Gasteiger partial charge in [0, 0.05) is 0 Å². The summed E-state index contributed by atoms with van der Waals surface area (Å²) in [7, 11) is 0. The minimum absolute atomic E-state index is 0. The molecule has 0 amide bonds. The van der Waals surface area contributed by atoms with E-state index in [0.29, 0.717) is 25.7 Å². The van der Waals surface area contributed by atoms with E-state index in [4.69, 9.17) is 0 Å². The second-order valence-corrected chi connectivity index (χ2v) is 17.2. The molecule has 0 radical (unpaired) electrons. The van der Waals surface area contributed by atoms with Crippen molar-refractivity contribution in [1.29, 1.82) is 0 Å². The van der Waals surface area contributed by atoms with Gasteiger partial charge in [-0.3, -0.25) is 0 Å². The number of carboxylic acids is 8. The molecule has 4 fully saturated rings. The molecule has 25 heteroatoms. The van der Waals surface area contributed by atoms with Crippen LogP contribution >= 0.6 is 0 Å². The summed E-state index contributed by atoms with van der Waals surface area (Å²) in [5.74, 6) is -12.8. The van der Waals surface area contributed by atoms with Crippen LogP contribution in [0.5, 0.6) is 0 Å². The van der Waals surface area contributed by atoms with E-state index in [2.05, 4.69) is 0 Å². The van der Waals surface area contributed by atoms with Crippen molar-refractivity contribution in [1.82, 2.24) is 0 Å². The normalized spacial score (nSPS) is 18.4. The smallest absolute Gasteiger partial charge is 0.545 e. The van der Waals surface area contributed by atoms with Crippen LogP contribution in [-0.4, -0.2) is 59.0 Å². The Morgan fingerprint density at radius 3 is 0.792 bits per heavy atom. The van der Waals surface area contributed by atoms with Gasteiger partial charge in [0.1, 0.15) is 0 Å². The molecule has 0 aliphatic heterocycles. The molecule has 4 rings (SSSR count).